The van der Waals surface area contributed by atoms with E-state index in [2.05, 4.69) is 0 Å². The fourth-order valence-corrected chi connectivity index (χ4v) is 0.733. The number of furan rings is 1. The van der Waals surface area contributed by atoms with Gasteiger partial charge in [-0.3, -0.25) is 4.79 Å². The lowest BCUT2D eigenvalue weighted by Crippen LogP contribution is -1.83. The summed E-state index contributed by atoms with van der Waals surface area (Å²) in [5.41, 5.74) is 0.748. The smallest absolute Gasteiger partial charge is 0.185 e. The number of hydrogen-bond donors (Lipinski definition) is 0. The summed E-state index contributed by atoms with van der Waals surface area (Å²) in [5.74, 6) is 0.943. The first-order valence-corrected chi connectivity index (χ1v) is 2.87. The molecule has 1 heterocycles. The van der Waals surface area contributed by atoms with Crippen LogP contribution in [0.15, 0.2) is 10.7 Å². The Bertz CT molecular complexity index is 237. The summed E-state index contributed by atoms with van der Waals surface area (Å²) in [5, 5.41) is 0. The molecule has 0 aliphatic carbocycles. The van der Waals surface area contributed by atoms with Gasteiger partial charge in [-0.15, -0.1) is 0 Å². The van der Waals surface area contributed by atoms with Crippen LogP contribution in [-0.4, -0.2) is 13.4 Å². The summed E-state index contributed by atoms with van der Waals surface area (Å²) in [4.78, 5) is 10.2. The Kier molecular flexibility index (Phi) is 1.76. The maximum atomic E-state index is 10.2. The van der Waals surface area contributed by atoms with Gasteiger partial charge in [-0.25, -0.2) is 0 Å². The lowest BCUT2D eigenvalue weighted by atomic mass is 10.3. The third-order valence-electron chi connectivity index (χ3n) is 1.36. The molecule has 1 rings (SSSR count). The maximum Gasteiger partial charge on any atom is 0.185 e. The summed E-state index contributed by atoms with van der Waals surface area (Å²) in [6, 6.07) is 0. The van der Waals surface area contributed by atoms with E-state index in [0.717, 1.165) is 5.56 Å². The Balaban J connectivity index is 3.08. The Morgan fingerprint density at radius 2 is 2.40 bits per heavy atom. The zero-order chi connectivity index (χ0) is 7.56. The third kappa shape index (κ3) is 0.900. The largest absolute Gasteiger partial charge is 0.493 e. The molecule has 3 nitrogen and oxygen atoms in total. The molecule has 0 atom stereocenters. The molecule has 10 heavy (non-hydrogen) atoms. The Hall–Kier alpha value is -1.25. The zero-order valence-electron chi connectivity index (χ0n) is 5.88. The van der Waals surface area contributed by atoms with Gasteiger partial charge in [-0.2, -0.15) is 0 Å². The molecule has 0 spiro atoms. The minimum Gasteiger partial charge on any atom is -0.493 e. The average molecular weight is 140 g/mol. The van der Waals surface area contributed by atoms with E-state index in [9.17, 15) is 4.79 Å². The summed E-state index contributed by atoms with van der Waals surface area (Å²) < 4.78 is 9.72. The van der Waals surface area contributed by atoms with E-state index in [1.54, 1.807) is 6.92 Å². The van der Waals surface area contributed by atoms with Crippen LogP contribution in [0.3, 0.4) is 0 Å². The van der Waals surface area contributed by atoms with E-state index in [1.165, 1.54) is 13.4 Å². The van der Waals surface area contributed by atoms with Gasteiger partial charge in [0.25, 0.3) is 0 Å². The molecular formula is C7H8O3. The van der Waals surface area contributed by atoms with Crippen LogP contribution in [0.5, 0.6) is 5.75 Å². The monoisotopic (exact) mass is 140 g/mol. The highest BCUT2D eigenvalue weighted by atomic mass is 16.5. The summed E-state index contributed by atoms with van der Waals surface area (Å²) in [7, 11) is 1.53. The van der Waals surface area contributed by atoms with Gasteiger partial charge in [0.2, 0.25) is 0 Å². The van der Waals surface area contributed by atoms with E-state index in [0.29, 0.717) is 17.8 Å². The van der Waals surface area contributed by atoms with Crippen LogP contribution in [0.25, 0.3) is 0 Å². The number of hydrogen-bond acceptors (Lipinski definition) is 3. The van der Waals surface area contributed by atoms with Crippen molar-refractivity contribution in [2.45, 2.75) is 6.92 Å². The highest BCUT2D eigenvalue weighted by molar-refractivity contribution is 5.74. The number of aldehydes is 1. The molecule has 1 aromatic heterocycles. The second-order valence-corrected chi connectivity index (χ2v) is 1.91. The SMILES string of the molecule is COc1coc(C=O)c1C. The van der Waals surface area contributed by atoms with Crippen molar-refractivity contribution < 1.29 is 13.9 Å². The van der Waals surface area contributed by atoms with Crippen LogP contribution >= 0.6 is 0 Å². The van der Waals surface area contributed by atoms with E-state index in [4.69, 9.17) is 9.15 Å². The Morgan fingerprint density at radius 1 is 1.70 bits per heavy atom. The topological polar surface area (TPSA) is 39.4 Å². The molecule has 0 aromatic carbocycles. The molecule has 0 unspecified atom stereocenters. The first-order chi connectivity index (χ1) is 4.79. The summed E-state index contributed by atoms with van der Waals surface area (Å²) in [6.07, 6.45) is 2.08. The van der Waals surface area contributed by atoms with Gasteiger partial charge in [0.1, 0.15) is 6.26 Å². The first-order valence-electron chi connectivity index (χ1n) is 2.87. The normalized spacial score (nSPS) is 9.40. The van der Waals surface area contributed by atoms with Gasteiger partial charge in [0.15, 0.2) is 17.8 Å². The van der Waals surface area contributed by atoms with Crippen LogP contribution < -0.4 is 4.74 Å². The van der Waals surface area contributed by atoms with Crippen LogP contribution in [0.4, 0.5) is 0 Å². The minimum atomic E-state index is 0.330. The molecule has 0 amide bonds. The van der Waals surface area contributed by atoms with Crippen LogP contribution in [0.1, 0.15) is 16.1 Å². The van der Waals surface area contributed by atoms with Crippen molar-refractivity contribution in [3.05, 3.63) is 17.6 Å². The van der Waals surface area contributed by atoms with Gasteiger partial charge in [-0.1, -0.05) is 0 Å². The molecule has 0 aliphatic heterocycles. The molecule has 54 valence electrons. The maximum absolute atomic E-state index is 10.2. The van der Waals surface area contributed by atoms with Gasteiger partial charge in [-0.05, 0) is 6.92 Å². The fraction of sp³-hybridized carbons (Fsp3) is 0.286. The van der Waals surface area contributed by atoms with E-state index < -0.39 is 0 Å². The average Bonchev–Trinajstić information content (AvgIpc) is 2.30. The van der Waals surface area contributed by atoms with Crippen molar-refractivity contribution in [3.8, 4) is 5.75 Å². The standard InChI is InChI=1S/C7H8O3/c1-5-6(3-8)10-4-7(5)9-2/h3-4H,1-2H3. The molecule has 0 saturated heterocycles. The van der Waals surface area contributed by atoms with Gasteiger partial charge < -0.3 is 9.15 Å². The number of methoxy groups -OCH3 is 1. The second-order valence-electron chi connectivity index (χ2n) is 1.91. The Morgan fingerprint density at radius 3 is 2.70 bits per heavy atom. The van der Waals surface area contributed by atoms with Gasteiger partial charge in [0.05, 0.1) is 7.11 Å². The number of rotatable bonds is 2. The molecule has 0 bridgehead atoms. The predicted molar refractivity (Wildman–Crippen MR) is 35.4 cm³/mol. The van der Waals surface area contributed by atoms with Crippen LogP contribution in [-0.2, 0) is 0 Å². The van der Waals surface area contributed by atoms with Crippen molar-refractivity contribution in [2.24, 2.45) is 0 Å². The van der Waals surface area contributed by atoms with Crippen LogP contribution in [0, 0.1) is 6.92 Å². The predicted octanol–water partition coefficient (Wildman–Crippen LogP) is 1.41. The lowest BCUT2D eigenvalue weighted by Gasteiger charge is -1.92. The second kappa shape index (κ2) is 2.56. The third-order valence-corrected chi connectivity index (χ3v) is 1.36. The number of ether oxygens (including phenoxy) is 1. The first kappa shape index (κ1) is 6.86. The number of carbonyl (C=O) groups is 1. The molecule has 3 heteroatoms. The molecular weight excluding hydrogens is 132 g/mol. The molecule has 0 N–H and O–H groups in total. The highest BCUT2D eigenvalue weighted by Gasteiger charge is 2.07. The summed E-state index contributed by atoms with van der Waals surface area (Å²) in [6.45, 7) is 1.77. The van der Waals surface area contributed by atoms with E-state index in [-0.39, 0.29) is 0 Å². The molecule has 0 saturated carbocycles. The molecule has 1 aromatic rings. The van der Waals surface area contributed by atoms with Gasteiger partial charge >= 0.3 is 0 Å². The highest BCUT2D eigenvalue weighted by Crippen LogP contribution is 2.21. The zero-order valence-corrected chi connectivity index (χ0v) is 5.88. The van der Waals surface area contributed by atoms with Crippen molar-refractivity contribution >= 4 is 6.29 Å². The van der Waals surface area contributed by atoms with Crippen molar-refractivity contribution in [2.75, 3.05) is 7.11 Å². The molecule has 0 fully saturated rings. The van der Waals surface area contributed by atoms with Crippen LogP contribution in [0.2, 0.25) is 0 Å². The van der Waals surface area contributed by atoms with E-state index >= 15 is 0 Å². The van der Waals surface area contributed by atoms with Gasteiger partial charge in [0, 0.05) is 5.56 Å². The minimum absolute atomic E-state index is 0.330. The number of carbonyl (C=O) groups excluding carboxylic acids is 1. The lowest BCUT2D eigenvalue weighted by molar-refractivity contribution is 0.110. The van der Waals surface area contributed by atoms with Crippen molar-refractivity contribution in [1.82, 2.24) is 0 Å². The molecule has 0 aliphatic rings. The van der Waals surface area contributed by atoms with E-state index in [1.807, 2.05) is 0 Å². The van der Waals surface area contributed by atoms with Crippen molar-refractivity contribution in [1.29, 1.82) is 0 Å². The quantitative estimate of drug-likeness (QED) is 0.583. The Labute approximate surface area is 58.6 Å². The molecule has 0 radical (unpaired) electrons. The van der Waals surface area contributed by atoms with Crippen molar-refractivity contribution in [3.63, 3.8) is 0 Å². The fourth-order valence-electron chi connectivity index (χ4n) is 0.733. The summed E-state index contributed by atoms with van der Waals surface area (Å²) >= 11 is 0.